The van der Waals surface area contributed by atoms with E-state index in [0.717, 1.165) is 6.42 Å². The third-order valence-electron chi connectivity index (χ3n) is 2.78. The van der Waals surface area contributed by atoms with Crippen molar-refractivity contribution in [3.8, 4) is 0 Å². The summed E-state index contributed by atoms with van der Waals surface area (Å²) < 4.78 is 7.47. The average molecular weight is 258 g/mol. The molecule has 2 rings (SSSR count). The molecule has 0 aliphatic heterocycles. The summed E-state index contributed by atoms with van der Waals surface area (Å²) in [6, 6.07) is 0. The Bertz CT molecular complexity index is 163. The first-order valence-electron chi connectivity index (χ1n) is 3.99. The van der Waals surface area contributed by atoms with E-state index in [1.165, 1.54) is 0 Å². The largest absolute Gasteiger partial charge is 0.396 e. The number of aliphatic hydroxyl groups excluding tert-OH is 2. The van der Waals surface area contributed by atoms with Crippen LogP contribution in [0.1, 0.15) is 20.6 Å². The van der Waals surface area contributed by atoms with E-state index in [0.29, 0.717) is 6.42 Å². The molecule has 60 valence electrons. The maximum absolute atomic E-state index is 9.38. The van der Waals surface area contributed by atoms with Gasteiger partial charge in [0.25, 0.3) is 0 Å². The van der Waals surface area contributed by atoms with Gasteiger partial charge in [-0.1, -0.05) is 0 Å². The molecule has 0 bridgehead atoms. The summed E-state index contributed by atoms with van der Waals surface area (Å²) in [4.78, 5) is 0. The highest BCUT2D eigenvalue weighted by Crippen LogP contribution is 2.62. The van der Waals surface area contributed by atoms with E-state index in [9.17, 15) is 5.11 Å². The lowest BCUT2D eigenvalue weighted by Gasteiger charge is -2.13. The van der Waals surface area contributed by atoms with Gasteiger partial charge < -0.3 is 10.2 Å². The van der Waals surface area contributed by atoms with Gasteiger partial charge in [0.1, 0.15) is 0 Å². The van der Waals surface area contributed by atoms with Crippen molar-refractivity contribution in [2.45, 2.75) is 25.3 Å². The SMILES string of the molecule is I.[3H]C1CC(O)[C@]2(CO)C[C@H]12. The highest BCUT2D eigenvalue weighted by atomic mass is 127. The summed E-state index contributed by atoms with van der Waals surface area (Å²) in [5.41, 5.74) is -0.244. The van der Waals surface area contributed by atoms with E-state index in [1.54, 1.807) is 0 Å². The topological polar surface area (TPSA) is 40.5 Å². The van der Waals surface area contributed by atoms with Crippen LogP contribution in [0, 0.1) is 11.3 Å². The molecule has 2 saturated carbocycles. The zero-order valence-electron chi connectivity index (χ0n) is 6.66. The predicted octanol–water partition coefficient (Wildman–Crippen LogP) is 0.758. The molecule has 0 aromatic heterocycles. The van der Waals surface area contributed by atoms with Crippen LogP contribution in [-0.4, -0.2) is 22.9 Å². The summed E-state index contributed by atoms with van der Waals surface area (Å²) in [6.45, 7) is 0.0637. The third kappa shape index (κ3) is 0.905. The summed E-state index contributed by atoms with van der Waals surface area (Å²) in [5.74, 6) is 0.285. The van der Waals surface area contributed by atoms with Gasteiger partial charge in [-0.2, -0.15) is 0 Å². The maximum atomic E-state index is 9.38. The van der Waals surface area contributed by atoms with Crippen molar-refractivity contribution in [3.05, 3.63) is 0 Å². The molecule has 2 unspecified atom stereocenters. The first kappa shape index (κ1) is 7.31. The monoisotopic (exact) mass is 258 g/mol. The lowest BCUT2D eigenvalue weighted by atomic mass is 10.0. The Hall–Kier alpha value is 0.650. The van der Waals surface area contributed by atoms with Crippen molar-refractivity contribution in [1.82, 2.24) is 0 Å². The number of hydrogen-bond acceptors (Lipinski definition) is 2. The average Bonchev–Trinajstić information content (AvgIpc) is 2.57. The molecule has 0 radical (unpaired) electrons. The third-order valence-corrected chi connectivity index (χ3v) is 2.78. The van der Waals surface area contributed by atoms with Crippen molar-refractivity contribution in [3.63, 3.8) is 0 Å². The van der Waals surface area contributed by atoms with Gasteiger partial charge in [0.2, 0.25) is 0 Å². The quantitative estimate of drug-likeness (QED) is 0.682. The molecule has 2 aliphatic carbocycles. The summed E-state index contributed by atoms with van der Waals surface area (Å²) in [6.07, 6.45) is 0.886. The van der Waals surface area contributed by atoms with Gasteiger partial charge in [-0.15, -0.1) is 24.0 Å². The number of hydrogen-bond donors (Lipinski definition) is 2. The van der Waals surface area contributed by atoms with E-state index in [4.69, 9.17) is 6.48 Å². The Morgan fingerprint density at radius 1 is 1.70 bits per heavy atom. The molecule has 0 saturated heterocycles. The summed E-state index contributed by atoms with van der Waals surface area (Å²) in [7, 11) is 0. The Morgan fingerprint density at radius 2 is 2.40 bits per heavy atom. The van der Waals surface area contributed by atoms with Gasteiger partial charge in [-0.25, -0.2) is 0 Å². The molecule has 10 heavy (non-hydrogen) atoms. The van der Waals surface area contributed by atoms with Gasteiger partial charge >= 0.3 is 0 Å². The Balaban J connectivity index is 0.000000605. The summed E-state index contributed by atoms with van der Waals surface area (Å²) >= 11 is 0. The molecule has 2 N–H and O–H groups in total. The van der Waals surface area contributed by atoms with Gasteiger partial charge in [-0.3, -0.25) is 0 Å². The fraction of sp³-hybridized carbons (Fsp3) is 1.00. The molecule has 2 aliphatic rings. The lowest BCUT2D eigenvalue weighted by molar-refractivity contribution is 0.0612. The van der Waals surface area contributed by atoms with E-state index in [2.05, 4.69) is 0 Å². The molecular formula is C7H13IO2. The van der Waals surface area contributed by atoms with Crippen LogP contribution in [0.25, 0.3) is 0 Å². The minimum absolute atomic E-state index is 0. The summed E-state index contributed by atoms with van der Waals surface area (Å²) in [5, 5.41) is 18.3. The van der Waals surface area contributed by atoms with Gasteiger partial charge in [-0.05, 0) is 25.2 Å². The number of aliphatic hydroxyl groups is 2. The highest BCUT2D eigenvalue weighted by molar-refractivity contribution is 14.0. The van der Waals surface area contributed by atoms with Gasteiger partial charge in [0.05, 0.1) is 12.7 Å². The molecule has 0 spiro atoms. The second-order valence-corrected chi connectivity index (χ2v) is 3.19. The highest BCUT2D eigenvalue weighted by Gasteiger charge is 2.61. The molecule has 0 aromatic carbocycles. The second-order valence-electron chi connectivity index (χ2n) is 3.19. The Morgan fingerprint density at radius 3 is 2.60 bits per heavy atom. The molecule has 0 heterocycles. The van der Waals surface area contributed by atoms with E-state index < -0.39 is 6.10 Å². The van der Waals surface area contributed by atoms with Crippen molar-refractivity contribution in [1.29, 1.82) is 0 Å². The normalized spacial score (nSPS) is 58.6. The van der Waals surface area contributed by atoms with E-state index in [1.807, 2.05) is 0 Å². The van der Waals surface area contributed by atoms with Crippen LogP contribution >= 0.6 is 24.0 Å². The van der Waals surface area contributed by atoms with Gasteiger partial charge in [0, 0.05) is 6.79 Å². The fourth-order valence-corrected chi connectivity index (χ4v) is 1.87. The molecule has 3 heteroatoms. The van der Waals surface area contributed by atoms with Crippen molar-refractivity contribution < 1.29 is 11.6 Å². The van der Waals surface area contributed by atoms with Crippen LogP contribution in [0.5, 0.6) is 0 Å². The minimum atomic E-state index is -0.412. The van der Waals surface area contributed by atoms with Crippen LogP contribution in [0.15, 0.2) is 0 Å². The number of halogens is 1. The van der Waals surface area contributed by atoms with E-state index in [-0.39, 0.29) is 48.3 Å². The molecule has 2 nitrogen and oxygen atoms in total. The molecule has 4 atom stereocenters. The van der Waals surface area contributed by atoms with Crippen molar-refractivity contribution >= 4 is 24.0 Å². The molecular weight excluding hydrogens is 243 g/mol. The maximum Gasteiger partial charge on any atom is 0.0621 e. The number of rotatable bonds is 1. The zero-order valence-corrected chi connectivity index (χ0v) is 7.99. The van der Waals surface area contributed by atoms with Crippen molar-refractivity contribution in [2.75, 3.05) is 6.61 Å². The first-order chi connectivity index (χ1) is 4.70. The molecule has 0 amide bonds. The Kier molecular flexibility index (Phi) is 1.90. The molecule has 2 fully saturated rings. The Labute approximate surface area is 79.1 Å². The fourth-order valence-electron chi connectivity index (χ4n) is 1.87. The first-order valence-corrected chi connectivity index (χ1v) is 3.42. The minimum Gasteiger partial charge on any atom is -0.396 e. The van der Waals surface area contributed by atoms with Crippen LogP contribution in [-0.2, 0) is 0 Å². The van der Waals surface area contributed by atoms with Crippen LogP contribution in [0.4, 0.5) is 0 Å². The lowest BCUT2D eigenvalue weighted by Crippen LogP contribution is -2.22. The standard InChI is InChI=1S/C7H12O2.HI/c8-4-7-3-5(7)1-2-6(7)9;/h5-6,8-9H,1-4H2;1H/t5-,6?,7-;/m0./s1/i1T;/t1?,5-,6?,7-;. The zero-order chi connectivity index (χ0) is 7.35. The second kappa shape index (κ2) is 2.60. The van der Waals surface area contributed by atoms with Crippen LogP contribution in [0.2, 0.25) is 0 Å². The number of fused-ring (bicyclic) bond motifs is 1. The van der Waals surface area contributed by atoms with Gasteiger partial charge in [0.15, 0.2) is 0 Å². The van der Waals surface area contributed by atoms with Crippen LogP contribution < -0.4 is 0 Å². The van der Waals surface area contributed by atoms with E-state index >= 15 is 0 Å². The smallest absolute Gasteiger partial charge is 0.0621 e. The van der Waals surface area contributed by atoms with Crippen LogP contribution in [0.3, 0.4) is 0 Å². The predicted molar refractivity (Wildman–Crippen MR) is 48.3 cm³/mol. The molecule has 0 aromatic rings. The van der Waals surface area contributed by atoms with Crippen molar-refractivity contribution in [2.24, 2.45) is 11.3 Å².